The smallest absolute Gasteiger partial charge is 0.00766 e. The van der Waals surface area contributed by atoms with Gasteiger partial charge in [-0.2, -0.15) is 0 Å². The Hall–Kier alpha value is 0.300. The summed E-state index contributed by atoms with van der Waals surface area (Å²) in [5.41, 5.74) is 1.49. The molecule has 0 aliphatic rings. The molecule has 0 aliphatic heterocycles. The first kappa shape index (κ1) is 15.4. The molecule has 2 heteroatoms. The van der Waals surface area contributed by atoms with Crippen LogP contribution in [0.1, 0.15) is 45.1 Å². The fourth-order valence-corrected chi connectivity index (χ4v) is 4.70. The van der Waals surface area contributed by atoms with E-state index in [0.29, 0.717) is 0 Å². The van der Waals surface area contributed by atoms with Crippen molar-refractivity contribution >= 4 is 40.2 Å². The third kappa shape index (κ3) is 6.70. The van der Waals surface area contributed by atoms with Crippen LogP contribution in [-0.2, 0) is 6.42 Å². The SMILES string of the molecule is CCCC(C)=Ic1ccc(CCCCBr)cc1. The summed E-state index contributed by atoms with van der Waals surface area (Å²) < 4.78 is 3.28. The van der Waals surface area contributed by atoms with Gasteiger partial charge in [0.2, 0.25) is 0 Å². The summed E-state index contributed by atoms with van der Waals surface area (Å²) in [5, 5.41) is 1.13. The number of rotatable bonds is 7. The first-order chi connectivity index (χ1) is 8.26. The monoisotopic (exact) mass is 408 g/mol. The molecule has 0 radical (unpaired) electrons. The standard InChI is InChI=1S/C15H22BrI/c1-3-6-13(2)17-15-10-8-14(9-11-15)7-4-5-12-16/h8-11H,3-7,12H2,1-2H3. The van der Waals surface area contributed by atoms with E-state index in [1.165, 1.54) is 37.7 Å². The normalized spacial score (nSPS) is 12.3. The topological polar surface area (TPSA) is 0 Å². The van der Waals surface area contributed by atoms with Gasteiger partial charge in [-0.25, -0.2) is 0 Å². The second kappa shape index (κ2) is 9.26. The molecule has 0 amide bonds. The predicted octanol–water partition coefficient (Wildman–Crippen LogP) is 5.54. The van der Waals surface area contributed by atoms with E-state index < -0.39 is 0 Å². The second-order valence-electron chi connectivity index (χ2n) is 4.29. The van der Waals surface area contributed by atoms with Gasteiger partial charge in [0.25, 0.3) is 0 Å². The van der Waals surface area contributed by atoms with Crippen molar-refractivity contribution in [2.45, 2.75) is 46.0 Å². The molecular formula is C15H22BrI. The molecule has 1 aromatic carbocycles. The van der Waals surface area contributed by atoms with Gasteiger partial charge in [-0.1, -0.05) is 62.1 Å². The fraction of sp³-hybridized carbons (Fsp3) is 0.533. The van der Waals surface area contributed by atoms with E-state index in [-0.39, 0.29) is 20.7 Å². The maximum Gasteiger partial charge on any atom is 0.00766 e. The maximum atomic E-state index is 3.48. The van der Waals surface area contributed by atoms with E-state index in [1.54, 1.807) is 7.08 Å². The minimum Gasteiger partial charge on any atom is -0.0928 e. The number of aryl methyl sites for hydroxylation is 1. The highest BCUT2D eigenvalue weighted by Gasteiger charge is 1.95. The Morgan fingerprint density at radius 2 is 1.88 bits per heavy atom. The molecule has 1 rings (SSSR count). The number of unbranched alkanes of at least 4 members (excludes halogenated alkanes) is 1. The van der Waals surface area contributed by atoms with E-state index in [1.807, 2.05) is 0 Å². The van der Waals surface area contributed by atoms with Crippen molar-refractivity contribution in [1.29, 1.82) is 0 Å². The van der Waals surface area contributed by atoms with Crippen molar-refractivity contribution in [3.63, 3.8) is 0 Å². The lowest BCUT2D eigenvalue weighted by molar-refractivity contribution is 0.806. The number of benzene rings is 1. The van der Waals surface area contributed by atoms with Gasteiger partial charge >= 0.3 is 0 Å². The lowest BCUT2D eigenvalue weighted by atomic mass is 10.1. The minimum atomic E-state index is 0.137. The summed E-state index contributed by atoms with van der Waals surface area (Å²) in [6.45, 7) is 4.58. The second-order valence-corrected chi connectivity index (χ2v) is 8.71. The van der Waals surface area contributed by atoms with Crippen LogP contribution in [0.15, 0.2) is 24.3 Å². The molecule has 0 N–H and O–H groups in total. The van der Waals surface area contributed by atoms with E-state index in [4.69, 9.17) is 0 Å². The zero-order chi connectivity index (χ0) is 12.5. The first-order valence-corrected chi connectivity index (χ1v) is 9.66. The molecule has 0 aliphatic carbocycles. The van der Waals surface area contributed by atoms with Crippen molar-refractivity contribution in [2.75, 3.05) is 5.33 Å². The van der Waals surface area contributed by atoms with E-state index >= 15 is 0 Å². The van der Waals surface area contributed by atoms with Gasteiger partial charge in [0.1, 0.15) is 0 Å². The third-order valence-electron chi connectivity index (χ3n) is 2.63. The number of hydrogen-bond donors (Lipinski definition) is 0. The van der Waals surface area contributed by atoms with Gasteiger partial charge in [-0.3, -0.25) is 0 Å². The molecule has 0 nitrogen and oxygen atoms in total. The van der Waals surface area contributed by atoms with Crippen molar-refractivity contribution < 1.29 is 0 Å². The maximum absolute atomic E-state index is 3.48. The summed E-state index contributed by atoms with van der Waals surface area (Å²) in [6, 6.07) is 9.33. The van der Waals surface area contributed by atoms with Gasteiger partial charge in [-0.05, 0) is 53.8 Å². The highest BCUT2D eigenvalue weighted by molar-refractivity contribution is 14.2. The highest BCUT2D eigenvalue weighted by atomic mass is 127. The van der Waals surface area contributed by atoms with Crippen LogP contribution in [0.5, 0.6) is 0 Å². The number of halogens is 2. The van der Waals surface area contributed by atoms with Crippen LogP contribution in [0.3, 0.4) is 0 Å². The molecule has 96 valence electrons. The fourth-order valence-electron chi connectivity index (χ4n) is 1.72. The molecule has 1 aromatic rings. The summed E-state index contributed by atoms with van der Waals surface area (Å²) in [7, 11) is 0. The summed E-state index contributed by atoms with van der Waals surface area (Å²) >= 11 is 3.62. The van der Waals surface area contributed by atoms with Crippen LogP contribution in [-0.4, -0.2) is 8.84 Å². The predicted molar refractivity (Wildman–Crippen MR) is 91.5 cm³/mol. The lowest BCUT2D eigenvalue weighted by Gasteiger charge is -2.02. The molecule has 0 heterocycles. The third-order valence-corrected chi connectivity index (χ3v) is 5.99. The van der Waals surface area contributed by atoms with Crippen molar-refractivity contribution in [3.8, 4) is 0 Å². The van der Waals surface area contributed by atoms with Crippen molar-refractivity contribution in [3.05, 3.63) is 33.4 Å². The summed E-state index contributed by atoms with van der Waals surface area (Å²) in [4.78, 5) is 0. The molecule has 0 atom stereocenters. The summed E-state index contributed by atoms with van der Waals surface area (Å²) in [6.07, 6.45) is 6.39. The van der Waals surface area contributed by atoms with Gasteiger partial charge in [0, 0.05) is 8.90 Å². The molecule has 0 aromatic heterocycles. The van der Waals surface area contributed by atoms with Crippen LogP contribution in [0.2, 0.25) is 0 Å². The Labute approximate surface area is 124 Å². The average molecular weight is 409 g/mol. The zero-order valence-electron chi connectivity index (χ0n) is 10.8. The van der Waals surface area contributed by atoms with Gasteiger partial charge < -0.3 is 0 Å². The number of alkyl halides is 1. The minimum absolute atomic E-state index is 0.137. The first-order valence-electron chi connectivity index (χ1n) is 6.38. The zero-order valence-corrected chi connectivity index (χ0v) is 14.6. The molecule has 0 saturated heterocycles. The van der Waals surface area contributed by atoms with Crippen LogP contribution in [0, 0.1) is 3.57 Å². The molecule has 0 bridgehead atoms. The van der Waals surface area contributed by atoms with Gasteiger partial charge in [0.05, 0.1) is 0 Å². The summed E-state index contributed by atoms with van der Waals surface area (Å²) in [5.74, 6) is 0. The molecule has 17 heavy (non-hydrogen) atoms. The molecule has 0 spiro atoms. The Kier molecular flexibility index (Phi) is 8.36. The van der Waals surface area contributed by atoms with E-state index in [0.717, 1.165) is 5.33 Å². The average Bonchev–Trinajstić information content (AvgIpc) is 2.32. The van der Waals surface area contributed by atoms with E-state index in [9.17, 15) is 0 Å². The lowest BCUT2D eigenvalue weighted by Crippen LogP contribution is -1.88. The van der Waals surface area contributed by atoms with Crippen LogP contribution in [0.25, 0.3) is 0 Å². The Morgan fingerprint density at radius 1 is 1.18 bits per heavy atom. The van der Waals surface area contributed by atoms with Crippen LogP contribution >= 0.6 is 36.7 Å². The van der Waals surface area contributed by atoms with Gasteiger partial charge in [-0.15, -0.1) is 0 Å². The van der Waals surface area contributed by atoms with Crippen molar-refractivity contribution in [1.82, 2.24) is 0 Å². The molecular weight excluding hydrogens is 387 g/mol. The Balaban J connectivity index is 2.52. The number of hydrogen-bond acceptors (Lipinski definition) is 0. The van der Waals surface area contributed by atoms with Crippen LogP contribution in [0.4, 0.5) is 0 Å². The quantitative estimate of drug-likeness (QED) is 0.315. The molecule has 0 saturated carbocycles. The highest BCUT2D eigenvalue weighted by Crippen LogP contribution is 2.17. The van der Waals surface area contributed by atoms with Gasteiger partial charge in [0.15, 0.2) is 0 Å². The molecule has 0 fully saturated rings. The Morgan fingerprint density at radius 3 is 2.47 bits per heavy atom. The van der Waals surface area contributed by atoms with E-state index in [2.05, 4.69) is 54.0 Å². The molecule has 0 unspecified atom stereocenters. The Bertz CT molecular complexity index is 340. The van der Waals surface area contributed by atoms with Crippen LogP contribution < -0.4 is 0 Å². The largest absolute Gasteiger partial charge is 0.0928 e. The van der Waals surface area contributed by atoms with Crippen molar-refractivity contribution in [2.24, 2.45) is 0 Å².